The van der Waals surface area contributed by atoms with E-state index in [0.717, 1.165) is 34.7 Å². The maximum Gasteiger partial charge on any atom is 0.284 e. The smallest absolute Gasteiger partial charge is 0.284 e. The zero-order valence-corrected chi connectivity index (χ0v) is 13.5. The van der Waals surface area contributed by atoms with Crippen molar-refractivity contribution in [2.45, 2.75) is 18.9 Å². The molecule has 1 heterocycles. The van der Waals surface area contributed by atoms with Crippen molar-refractivity contribution in [3.05, 3.63) is 58.6 Å². The standard InChI is InChI=1S/C18H15ClN2O3/c19-13-5-3-4-12-11(13)8-9-14(12)20-21-18(22)17-10-23-15-6-1-2-7-16(15)24-17/h1-7,17H,8-10H2,(H,21,22)/b20-14+. The molecule has 1 amide bonds. The average molecular weight is 343 g/mol. The Morgan fingerprint density at radius 3 is 2.83 bits per heavy atom. The van der Waals surface area contributed by atoms with Crippen LogP contribution in [-0.2, 0) is 11.2 Å². The van der Waals surface area contributed by atoms with Crippen molar-refractivity contribution in [2.24, 2.45) is 5.10 Å². The van der Waals surface area contributed by atoms with Crippen LogP contribution in [-0.4, -0.2) is 24.3 Å². The van der Waals surface area contributed by atoms with Crippen LogP contribution in [0.3, 0.4) is 0 Å². The molecule has 2 aliphatic rings. The number of hydrogen-bond acceptors (Lipinski definition) is 4. The molecular formula is C18H15ClN2O3. The van der Waals surface area contributed by atoms with Gasteiger partial charge >= 0.3 is 0 Å². The number of ether oxygens (including phenoxy) is 2. The fourth-order valence-corrected chi connectivity index (χ4v) is 3.19. The Hall–Kier alpha value is -2.53. The highest BCUT2D eigenvalue weighted by Crippen LogP contribution is 2.31. The summed E-state index contributed by atoms with van der Waals surface area (Å²) in [6.07, 6.45) is 0.870. The lowest BCUT2D eigenvalue weighted by Gasteiger charge is -2.24. The third kappa shape index (κ3) is 2.71. The lowest BCUT2D eigenvalue weighted by Crippen LogP contribution is -2.42. The molecule has 1 aliphatic heterocycles. The molecule has 0 radical (unpaired) electrons. The summed E-state index contributed by atoms with van der Waals surface area (Å²) in [7, 11) is 0. The molecule has 5 nitrogen and oxygen atoms in total. The average Bonchev–Trinajstić information content (AvgIpc) is 3.04. The van der Waals surface area contributed by atoms with Gasteiger partial charge in [0.2, 0.25) is 6.10 Å². The van der Waals surface area contributed by atoms with E-state index in [1.54, 1.807) is 6.07 Å². The van der Waals surface area contributed by atoms with Crippen molar-refractivity contribution in [3.63, 3.8) is 0 Å². The summed E-state index contributed by atoms with van der Waals surface area (Å²) >= 11 is 6.19. The zero-order chi connectivity index (χ0) is 16.5. The number of benzene rings is 2. The molecule has 0 spiro atoms. The van der Waals surface area contributed by atoms with E-state index < -0.39 is 6.10 Å². The van der Waals surface area contributed by atoms with Crippen LogP contribution in [0.15, 0.2) is 47.6 Å². The number of nitrogens with zero attached hydrogens (tertiary/aromatic N) is 1. The Kier molecular flexibility index (Phi) is 3.86. The van der Waals surface area contributed by atoms with E-state index in [2.05, 4.69) is 10.5 Å². The second-order valence-corrected chi connectivity index (χ2v) is 6.07. The first-order chi connectivity index (χ1) is 11.7. The largest absolute Gasteiger partial charge is 0.485 e. The number of nitrogens with one attached hydrogen (secondary N) is 1. The lowest BCUT2D eigenvalue weighted by molar-refractivity contribution is -0.130. The van der Waals surface area contributed by atoms with Gasteiger partial charge in [-0.05, 0) is 36.6 Å². The molecule has 24 heavy (non-hydrogen) atoms. The second-order valence-electron chi connectivity index (χ2n) is 5.66. The highest BCUT2D eigenvalue weighted by Gasteiger charge is 2.27. The number of rotatable bonds is 2. The molecule has 0 fully saturated rings. The maximum atomic E-state index is 12.3. The van der Waals surface area contributed by atoms with E-state index in [4.69, 9.17) is 21.1 Å². The number of amides is 1. The fraction of sp³-hybridized carbons (Fsp3) is 0.222. The molecule has 1 aliphatic carbocycles. The van der Waals surface area contributed by atoms with E-state index in [9.17, 15) is 4.79 Å². The summed E-state index contributed by atoms with van der Waals surface area (Å²) in [4.78, 5) is 12.3. The van der Waals surface area contributed by atoms with E-state index in [1.165, 1.54) is 0 Å². The van der Waals surface area contributed by atoms with Gasteiger partial charge in [0.15, 0.2) is 11.5 Å². The molecular weight excluding hydrogens is 328 g/mol. The van der Waals surface area contributed by atoms with Crippen LogP contribution >= 0.6 is 11.6 Å². The minimum Gasteiger partial charge on any atom is -0.485 e. The van der Waals surface area contributed by atoms with Crippen LogP contribution in [0.4, 0.5) is 0 Å². The van der Waals surface area contributed by atoms with Crippen molar-refractivity contribution in [1.82, 2.24) is 5.43 Å². The number of hydrazone groups is 1. The minimum absolute atomic E-state index is 0.163. The third-order valence-corrected chi connectivity index (χ3v) is 4.50. The molecule has 0 saturated heterocycles. The molecule has 1 N–H and O–H groups in total. The predicted octanol–water partition coefficient (Wildman–Crippen LogP) is 2.95. The molecule has 1 atom stereocenters. The number of carbonyl (C=O) groups excluding carboxylic acids is 1. The Bertz CT molecular complexity index is 835. The number of halogens is 1. The van der Waals surface area contributed by atoms with Crippen LogP contribution in [0.1, 0.15) is 17.5 Å². The molecule has 4 rings (SSSR count). The lowest BCUT2D eigenvalue weighted by atomic mass is 10.1. The molecule has 2 aromatic carbocycles. The summed E-state index contributed by atoms with van der Waals surface area (Å²) in [6, 6.07) is 13.0. The molecule has 1 unspecified atom stereocenters. The van der Waals surface area contributed by atoms with Crippen LogP contribution < -0.4 is 14.9 Å². The van der Waals surface area contributed by atoms with Gasteiger partial charge in [0, 0.05) is 10.6 Å². The van der Waals surface area contributed by atoms with Crippen molar-refractivity contribution < 1.29 is 14.3 Å². The summed E-state index contributed by atoms with van der Waals surface area (Å²) in [5.41, 5.74) is 5.49. The maximum absolute atomic E-state index is 12.3. The zero-order valence-electron chi connectivity index (χ0n) is 12.8. The number of hydrogen-bond donors (Lipinski definition) is 1. The van der Waals surface area contributed by atoms with Crippen molar-refractivity contribution in [1.29, 1.82) is 0 Å². The molecule has 0 aromatic heterocycles. The fourth-order valence-electron chi connectivity index (χ4n) is 2.92. The summed E-state index contributed by atoms with van der Waals surface area (Å²) < 4.78 is 11.2. The van der Waals surface area contributed by atoms with Gasteiger partial charge < -0.3 is 9.47 Å². The van der Waals surface area contributed by atoms with E-state index >= 15 is 0 Å². The highest BCUT2D eigenvalue weighted by molar-refractivity contribution is 6.32. The first-order valence-corrected chi connectivity index (χ1v) is 8.13. The van der Waals surface area contributed by atoms with Crippen molar-refractivity contribution in [2.75, 3.05) is 6.61 Å². The highest BCUT2D eigenvalue weighted by atomic mass is 35.5. The van der Waals surface area contributed by atoms with Gasteiger partial charge in [-0.3, -0.25) is 4.79 Å². The van der Waals surface area contributed by atoms with Gasteiger partial charge in [0.1, 0.15) is 6.61 Å². The summed E-state index contributed by atoms with van der Waals surface area (Å²) in [6.45, 7) is 0.163. The van der Waals surface area contributed by atoms with Crippen LogP contribution in [0, 0.1) is 0 Å². The predicted molar refractivity (Wildman–Crippen MR) is 90.8 cm³/mol. The number of para-hydroxylation sites is 2. The third-order valence-electron chi connectivity index (χ3n) is 4.14. The SMILES string of the molecule is O=C(N/N=C1\CCc2c(Cl)cccc21)C1COc2ccccc2O1. The summed E-state index contributed by atoms with van der Waals surface area (Å²) in [5, 5.41) is 5.00. The number of carbonyl (C=O) groups is 1. The normalized spacial score (nSPS) is 19.9. The van der Waals surface area contributed by atoms with Crippen LogP contribution in [0.2, 0.25) is 5.02 Å². The molecule has 0 bridgehead atoms. The first kappa shape index (κ1) is 15.0. The molecule has 2 aromatic rings. The van der Waals surface area contributed by atoms with Gasteiger partial charge in [-0.25, -0.2) is 5.43 Å². The van der Waals surface area contributed by atoms with E-state index in [0.29, 0.717) is 11.5 Å². The second kappa shape index (κ2) is 6.17. The van der Waals surface area contributed by atoms with E-state index in [1.807, 2.05) is 36.4 Å². The topological polar surface area (TPSA) is 59.9 Å². The first-order valence-electron chi connectivity index (χ1n) is 7.75. The van der Waals surface area contributed by atoms with Gasteiger partial charge in [-0.2, -0.15) is 5.10 Å². The molecule has 122 valence electrons. The Labute approximate surface area is 144 Å². The minimum atomic E-state index is -0.718. The number of fused-ring (bicyclic) bond motifs is 2. The van der Waals surface area contributed by atoms with Gasteiger partial charge in [-0.15, -0.1) is 0 Å². The monoisotopic (exact) mass is 342 g/mol. The summed E-state index contributed by atoms with van der Waals surface area (Å²) in [5.74, 6) is 0.884. The Morgan fingerprint density at radius 2 is 1.96 bits per heavy atom. The Morgan fingerprint density at radius 1 is 1.12 bits per heavy atom. The molecule has 6 heteroatoms. The molecule has 0 saturated carbocycles. The van der Waals surface area contributed by atoms with Crippen LogP contribution in [0.25, 0.3) is 0 Å². The Balaban J connectivity index is 1.46. The van der Waals surface area contributed by atoms with Gasteiger partial charge in [0.05, 0.1) is 5.71 Å². The van der Waals surface area contributed by atoms with Crippen molar-refractivity contribution in [3.8, 4) is 11.5 Å². The van der Waals surface area contributed by atoms with E-state index in [-0.39, 0.29) is 12.5 Å². The van der Waals surface area contributed by atoms with Crippen molar-refractivity contribution >= 4 is 23.2 Å². The van der Waals surface area contributed by atoms with Gasteiger partial charge in [0.25, 0.3) is 5.91 Å². The van der Waals surface area contributed by atoms with Gasteiger partial charge in [-0.1, -0.05) is 35.9 Å². The van der Waals surface area contributed by atoms with Crippen LogP contribution in [0.5, 0.6) is 11.5 Å². The quantitative estimate of drug-likeness (QED) is 0.854.